The molecular weight excluding hydrogens is 204 g/mol. The molecule has 1 aliphatic carbocycles. The van der Waals surface area contributed by atoms with Gasteiger partial charge < -0.3 is 15.2 Å². The normalized spacial score (nSPS) is 30.2. The summed E-state index contributed by atoms with van der Waals surface area (Å²) in [5, 5.41) is 4.00. The van der Waals surface area contributed by atoms with Gasteiger partial charge in [-0.15, -0.1) is 0 Å². The van der Waals surface area contributed by atoms with Gasteiger partial charge in [-0.1, -0.05) is 11.6 Å². The van der Waals surface area contributed by atoms with Crippen LogP contribution in [0, 0.1) is 0 Å². The second-order valence-electron chi connectivity index (χ2n) is 5.17. The molecule has 1 aliphatic rings. The third kappa shape index (κ3) is 1.97. The lowest BCUT2D eigenvalue weighted by Gasteiger charge is -2.23. The van der Waals surface area contributed by atoms with Crippen molar-refractivity contribution in [2.24, 2.45) is 5.73 Å². The molecule has 0 radical (unpaired) electrons. The first-order valence-corrected chi connectivity index (χ1v) is 5.76. The minimum absolute atomic E-state index is 0.127. The zero-order valence-corrected chi connectivity index (χ0v) is 10.2. The van der Waals surface area contributed by atoms with Crippen LogP contribution in [-0.2, 0) is 12.0 Å². The van der Waals surface area contributed by atoms with Gasteiger partial charge in [-0.2, -0.15) is 4.98 Å². The summed E-state index contributed by atoms with van der Waals surface area (Å²) in [6.45, 7) is 2.83. The first kappa shape index (κ1) is 11.5. The Morgan fingerprint density at radius 3 is 2.88 bits per heavy atom. The zero-order valence-electron chi connectivity index (χ0n) is 10.2. The van der Waals surface area contributed by atoms with Crippen molar-refractivity contribution < 1.29 is 4.52 Å². The zero-order chi connectivity index (χ0) is 11.8. The highest BCUT2D eigenvalue weighted by Gasteiger charge is 2.42. The Kier molecular flexibility index (Phi) is 2.99. The van der Waals surface area contributed by atoms with Gasteiger partial charge in [-0.25, -0.2) is 0 Å². The summed E-state index contributed by atoms with van der Waals surface area (Å²) in [5.41, 5.74) is 5.99. The Labute approximate surface area is 96.0 Å². The van der Waals surface area contributed by atoms with Gasteiger partial charge in [0, 0.05) is 6.04 Å². The Morgan fingerprint density at radius 2 is 2.31 bits per heavy atom. The topological polar surface area (TPSA) is 68.2 Å². The van der Waals surface area contributed by atoms with Crippen molar-refractivity contribution in [3.8, 4) is 0 Å². The third-order valence-electron chi connectivity index (χ3n) is 3.44. The summed E-state index contributed by atoms with van der Waals surface area (Å²) in [6, 6.07) is 0.139. The maximum absolute atomic E-state index is 6.12. The molecule has 2 atom stereocenters. The van der Waals surface area contributed by atoms with Crippen LogP contribution < -0.4 is 5.73 Å². The van der Waals surface area contributed by atoms with Crippen LogP contribution in [0.4, 0.5) is 0 Å². The maximum Gasteiger partial charge on any atom is 0.234 e. The van der Waals surface area contributed by atoms with E-state index in [9.17, 15) is 0 Å². The van der Waals surface area contributed by atoms with Crippen LogP contribution in [0.1, 0.15) is 37.9 Å². The molecule has 0 spiro atoms. The molecular formula is C11H20N4O. The van der Waals surface area contributed by atoms with E-state index in [1.807, 2.05) is 19.0 Å². The molecule has 90 valence electrons. The lowest BCUT2D eigenvalue weighted by molar-refractivity contribution is 0.274. The molecule has 5 heteroatoms. The second-order valence-corrected chi connectivity index (χ2v) is 5.17. The number of nitrogens with two attached hydrogens (primary N) is 1. The van der Waals surface area contributed by atoms with Gasteiger partial charge in [0.1, 0.15) is 0 Å². The van der Waals surface area contributed by atoms with E-state index in [1.54, 1.807) is 0 Å². The number of aromatic nitrogens is 2. The van der Waals surface area contributed by atoms with Gasteiger partial charge in [-0.3, -0.25) is 0 Å². The second kappa shape index (κ2) is 4.14. The van der Waals surface area contributed by atoms with Gasteiger partial charge >= 0.3 is 0 Å². The summed E-state index contributed by atoms with van der Waals surface area (Å²) in [7, 11) is 3.97. The predicted molar refractivity (Wildman–Crippen MR) is 60.9 cm³/mol. The van der Waals surface area contributed by atoms with Crippen LogP contribution in [0.3, 0.4) is 0 Å². The van der Waals surface area contributed by atoms with Gasteiger partial charge in [0.15, 0.2) is 5.82 Å². The van der Waals surface area contributed by atoms with E-state index in [0.29, 0.717) is 12.4 Å². The van der Waals surface area contributed by atoms with Crippen molar-refractivity contribution in [1.82, 2.24) is 15.0 Å². The van der Waals surface area contributed by atoms with E-state index < -0.39 is 0 Å². The van der Waals surface area contributed by atoms with E-state index in [-0.39, 0.29) is 11.5 Å². The van der Waals surface area contributed by atoms with Crippen LogP contribution in [0.5, 0.6) is 0 Å². The fourth-order valence-corrected chi connectivity index (χ4v) is 2.29. The minimum atomic E-state index is -0.127. The van der Waals surface area contributed by atoms with Crippen molar-refractivity contribution in [2.45, 2.75) is 44.2 Å². The van der Waals surface area contributed by atoms with Gasteiger partial charge in [0.2, 0.25) is 5.89 Å². The van der Waals surface area contributed by atoms with E-state index in [0.717, 1.165) is 25.1 Å². The molecule has 0 bridgehead atoms. The molecule has 0 amide bonds. The minimum Gasteiger partial charge on any atom is -0.339 e. The van der Waals surface area contributed by atoms with E-state index in [2.05, 4.69) is 17.1 Å². The highest BCUT2D eigenvalue weighted by molar-refractivity contribution is 5.11. The van der Waals surface area contributed by atoms with Crippen LogP contribution in [0.15, 0.2) is 4.52 Å². The summed E-state index contributed by atoms with van der Waals surface area (Å²) < 4.78 is 5.36. The molecule has 0 saturated heterocycles. The summed E-state index contributed by atoms with van der Waals surface area (Å²) >= 11 is 0. The summed E-state index contributed by atoms with van der Waals surface area (Å²) in [6.07, 6.45) is 3.22. The van der Waals surface area contributed by atoms with Crippen LogP contribution in [0.2, 0.25) is 0 Å². The predicted octanol–water partition coefficient (Wildman–Crippen LogP) is 0.900. The fourth-order valence-electron chi connectivity index (χ4n) is 2.29. The summed E-state index contributed by atoms with van der Waals surface area (Å²) in [4.78, 5) is 6.47. The number of hydrogen-bond donors (Lipinski definition) is 1. The molecule has 5 nitrogen and oxygen atoms in total. The van der Waals surface area contributed by atoms with Crippen molar-refractivity contribution in [3.05, 3.63) is 11.7 Å². The molecule has 16 heavy (non-hydrogen) atoms. The Hall–Kier alpha value is -0.940. The molecule has 1 heterocycles. The van der Waals surface area contributed by atoms with Crippen LogP contribution in [0.25, 0.3) is 0 Å². The van der Waals surface area contributed by atoms with Gasteiger partial charge in [0.05, 0.1) is 12.0 Å². The molecule has 0 aromatic carbocycles. The molecule has 2 unspecified atom stereocenters. The lowest BCUT2D eigenvalue weighted by Crippen LogP contribution is -2.38. The Bertz CT molecular complexity index is 363. The molecule has 1 fully saturated rings. The van der Waals surface area contributed by atoms with Crippen molar-refractivity contribution >= 4 is 0 Å². The van der Waals surface area contributed by atoms with E-state index in [1.165, 1.54) is 0 Å². The largest absolute Gasteiger partial charge is 0.339 e. The lowest BCUT2D eigenvalue weighted by atomic mass is 9.85. The van der Waals surface area contributed by atoms with Gasteiger partial charge in [-0.05, 0) is 33.9 Å². The maximum atomic E-state index is 6.12. The highest BCUT2D eigenvalue weighted by Crippen LogP contribution is 2.38. The SMILES string of the molecule is CN(C)Cc1noc(C2(C)CCCC2N)n1. The van der Waals surface area contributed by atoms with Crippen LogP contribution >= 0.6 is 0 Å². The Morgan fingerprint density at radius 1 is 1.56 bits per heavy atom. The van der Waals surface area contributed by atoms with Gasteiger partial charge in [0.25, 0.3) is 0 Å². The molecule has 1 aromatic rings. The van der Waals surface area contributed by atoms with Crippen LogP contribution in [-0.4, -0.2) is 35.2 Å². The van der Waals surface area contributed by atoms with E-state index >= 15 is 0 Å². The number of rotatable bonds is 3. The average Bonchev–Trinajstić information content (AvgIpc) is 2.75. The first-order chi connectivity index (χ1) is 7.52. The van der Waals surface area contributed by atoms with Crippen molar-refractivity contribution in [3.63, 3.8) is 0 Å². The number of nitrogens with zero attached hydrogens (tertiary/aromatic N) is 3. The smallest absolute Gasteiger partial charge is 0.234 e. The third-order valence-corrected chi connectivity index (χ3v) is 3.44. The van der Waals surface area contributed by atoms with Crippen molar-refractivity contribution in [2.75, 3.05) is 14.1 Å². The fraction of sp³-hybridized carbons (Fsp3) is 0.818. The van der Waals surface area contributed by atoms with E-state index in [4.69, 9.17) is 10.3 Å². The first-order valence-electron chi connectivity index (χ1n) is 5.76. The monoisotopic (exact) mass is 224 g/mol. The number of hydrogen-bond acceptors (Lipinski definition) is 5. The standard InChI is InChI=1S/C11H20N4O/c1-11(6-4-5-8(11)12)10-13-9(14-16-10)7-15(2)3/h8H,4-7,12H2,1-3H3. The molecule has 2 rings (SSSR count). The molecule has 0 aliphatic heterocycles. The highest BCUT2D eigenvalue weighted by atomic mass is 16.5. The quantitative estimate of drug-likeness (QED) is 0.826. The molecule has 1 saturated carbocycles. The van der Waals surface area contributed by atoms with Crippen molar-refractivity contribution in [1.29, 1.82) is 0 Å². The summed E-state index contributed by atoms with van der Waals surface area (Å²) in [5.74, 6) is 1.44. The Balaban J connectivity index is 2.18. The molecule has 2 N–H and O–H groups in total. The average molecular weight is 224 g/mol. The molecule has 1 aromatic heterocycles.